The fourth-order valence-corrected chi connectivity index (χ4v) is 2.91. The van der Waals surface area contributed by atoms with Gasteiger partial charge < -0.3 is 5.32 Å². The smallest absolute Gasteiger partial charge is 0.295 e. The first kappa shape index (κ1) is 13.6. The molecule has 2 aromatic carbocycles. The minimum Gasteiger partial charge on any atom is -0.365 e. The Morgan fingerprint density at radius 2 is 1.67 bits per heavy atom. The Labute approximate surface area is 124 Å². The summed E-state index contributed by atoms with van der Waals surface area (Å²) in [5, 5.41) is 1.90. The van der Waals surface area contributed by atoms with Crippen molar-refractivity contribution in [2.75, 3.05) is 10.2 Å². The van der Waals surface area contributed by atoms with Crippen molar-refractivity contribution in [3.05, 3.63) is 60.4 Å². The van der Waals surface area contributed by atoms with Crippen molar-refractivity contribution >= 4 is 34.3 Å². The van der Waals surface area contributed by atoms with Gasteiger partial charge in [0.15, 0.2) is 5.37 Å². The molecule has 6 heteroatoms. The van der Waals surface area contributed by atoms with Crippen LogP contribution in [0.3, 0.4) is 0 Å². The molecule has 1 aliphatic rings. The zero-order chi connectivity index (χ0) is 14.8. The molecule has 2 aromatic rings. The van der Waals surface area contributed by atoms with Crippen molar-refractivity contribution in [3.63, 3.8) is 0 Å². The Balaban J connectivity index is 1.79. The Hall–Kier alpha value is -2.34. The highest BCUT2D eigenvalue weighted by Crippen LogP contribution is 2.32. The number of rotatable bonds is 3. The van der Waals surface area contributed by atoms with E-state index >= 15 is 0 Å². The van der Waals surface area contributed by atoms with E-state index < -0.39 is 5.37 Å². The van der Waals surface area contributed by atoms with Crippen molar-refractivity contribution in [1.82, 2.24) is 0 Å². The number of imide groups is 1. The second kappa shape index (κ2) is 5.57. The van der Waals surface area contributed by atoms with Gasteiger partial charge in [0.2, 0.25) is 0 Å². The molecule has 2 amide bonds. The molecule has 4 nitrogen and oxygen atoms in total. The summed E-state index contributed by atoms with van der Waals surface area (Å²) in [6.45, 7) is 0. The number of nitrogens with zero attached hydrogens (tertiary/aromatic N) is 1. The summed E-state index contributed by atoms with van der Waals surface area (Å²) in [6, 6.07) is 14.4. The number of carbonyl (C=O) groups is 2. The van der Waals surface area contributed by atoms with Gasteiger partial charge in [0.25, 0.3) is 11.1 Å². The molecule has 0 aliphatic carbocycles. The number of anilines is 2. The predicted octanol–water partition coefficient (Wildman–Crippen LogP) is 3.46. The molecule has 3 rings (SSSR count). The average molecular weight is 302 g/mol. The number of amides is 2. The minimum absolute atomic E-state index is 0.328. The van der Waals surface area contributed by atoms with Crippen LogP contribution < -0.4 is 10.2 Å². The fraction of sp³-hybridized carbons (Fsp3) is 0.0667. The summed E-state index contributed by atoms with van der Waals surface area (Å²) < 4.78 is 12.9. The zero-order valence-electron chi connectivity index (χ0n) is 10.8. The minimum atomic E-state index is -0.705. The molecule has 1 atom stereocenters. The maximum atomic E-state index is 12.9. The topological polar surface area (TPSA) is 49.4 Å². The molecule has 0 aromatic heterocycles. The van der Waals surface area contributed by atoms with Gasteiger partial charge in [-0.25, -0.2) is 9.29 Å². The number of nitrogens with one attached hydrogen (secondary N) is 1. The molecular formula is C15H11FN2O2S. The summed E-state index contributed by atoms with van der Waals surface area (Å²) >= 11 is 0.908. The van der Waals surface area contributed by atoms with Gasteiger partial charge >= 0.3 is 0 Å². The van der Waals surface area contributed by atoms with Gasteiger partial charge in [0.05, 0.1) is 5.69 Å². The van der Waals surface area contributed by atoms with Crippen LogP contribution in [0, 0.1) is 5.82 Å². The van der Waals surface area contributed by atoms with E-state index in [1.165, 1.54) is 24.3 Å². The highest BCUT2D eigenvalue weighted by molar-refractivity contribution is 8.16. The molecule has 0 spiro atoms. The van der Waals surface area contributed by atoms with Gasteiger partial charge in [-0.2, -0.15) is 0 Å². The quantitative estimate of drug-likeness (QED) is 0.943. The lowest BCUT2D eigenvalue weighted by molar-refractivity contribution is -0.116. The molecule has 0 unspecified atom stereocenters. The number of para-hydroxylation sites is 1. The van der Waals surface area contributed by atoms with Crippen LogP contribution in [0.15, 0.2) is 54.6 Å². The standard InChI is InChI=1S/C15H11FN2O2S/c16-10-6-8-11(9-7-10)17-13-14(19)18(15(20)21-13)12-4-2-1-3-5-12/h1-9,13,17H/t13-/m0/s1. The van der Waals surface area contributed by atoms with Gasteiger partial charge in [-0.1, -0.05) is 18.2 Å². The first-order chi connectivity index (χ1) is 10.1. The molecular weight excluding hydrogens is 291 g/mol. The summed E-state index contributed by atoms with van der Waals surface area (Å²) in [7, 11) is 0. The summed E-state index contributed by atoms with van der Waals surface area (Å²) in [6.07, 6.45) is 0. The van der Waals surface area contributed by atoms with Crippen molar-refractivity contribution in [2.24, 2.45) is 0 Å². The lowest BCUT2D eigenvalue weighted by Gasteiger charge is -2.14. The SMILES string of the molecule is O=C1S[C@H](Nc2ccc(F)cc2)C(=O)N1c1ccccc1. The van der Waals surface area contributed by atoms with Gasteiger partial charge in [-0.3, -0.25) is 9.59 Å². The van der Waals surface area contributed by atoms with E-state index in [9.17, 15) is 14.0 Å². The third-order valence-corrected chi connectivity index (χ3v) is 3.94. The molecule has 0 bridgehead atoms. The first-order valence-corrected chi connectivity index (χ1v) is 7.15. The number of hydrogen-bond donors (Lipinski definition) is 1. The lowest BCUT2D eigenvalue weighted by atomic mass is 10.3. The maximum absolute atomic E-state index is 12.9. The number of thioether (sulfide) groups is 1. The van der Waals surface area contributed by atoms with Gasteiger partial charge in [-0.15, -0.1) is 0 Å². The van der Waals surface area contributed by atoms with E-state index in [2.05, 4.69) is 5.32 Å². The second-order valence-corrected chi connectivity index (χ2v) is 5.48. The van der Waals surface area contributed by atoms with Crippen LogP contribution in [0.2, 0.25) is 0 Å². The van der Waals surface area contributed by atoms with E-state index in [1.54, 1.807) is 24.3 Å². The van der Waals surface area contributed by atoms with Crippen LogP contribution in [0.5, 0.6) is 0 Å². The molecule has 21 heavy (non-hydrogen) atoms. The molecule has 1 fully saturated rings. The monoisotopic (exact) mass is 302 g/mol. The van der Waals surface area contributed by atoms with Crippen LogP contribution in [-0.4, -0.2) is 16.5 Å². The predicted molar refractivity (Wildman–Crippen MR) is 80.7 cm³/mol. The number of carbonyl (C=O) groups excluding carboxylic acids is 2. The Morgan fingerprint density at radius 3 is 2.33 bits per heavy atom. The largest absolute Gasteiger partial charge is 0.365 e. The highest BCUT2D eigenvalue weighted by Gasteiger charge is 2.40. The van der Waals surface area contributed by atoms with Crippen LogP contribution in [-0.2, 0) is 4.79 Å². The third kappa shape index (κ3) is 2.75. The van der Waals surface area contributed by atoms with E-state index in [4.69, 9.17) is 0 Å². The molecule has 1 N–H and O–H groups in total. The van der Waals surface area contributed by atoms with Crippen molar-refractivity contribution in [2.45, 2.75) is 5.37 Å². The maximum Gasteiger partial charge on any atom is 0.295 e. The molecule has 1 aliphatic heterocycles. The third-order valence-electron chi connectivity index (χ3n) is 3.00. The Kier molecular flexibility index (Phi) is 3.62. The van der Waals surface area contributed by atoms with Crippen LogP contribution >= 0.6 is 11.8 Å². The summed E-state index contributed by atoms with van der Waals surface area (Å²) in [5.74, 6) is -0.687. The first-order valence-electron chi connectivity index (χ1n) is 6.27. The van der Waals surface area contributed by atoms with Crippen LogP contribution in [0.4, 0.5) is 20.6 Å². The van der Waals surface area contributed by atoms with E-state index in [0.29, 0.717) is 11.4 Å². The number of benzene rings is 2. The van der Waals surface area contributed by atoms with E-state index in [0.717, 1.165) is 16.7 Å². The van der Waals surface area contributed by atoms with Crippen LogP contribution in [0.25, 0.3) is 0 Å². The van der Waals surface area contributed by atoms with Crippen molar-refractivity contribution in [3.8, 4) is 0 Å². The van der Waals surface area contributed by atoms with E-state index in [-0.39, 0.29) is 17.0 Å². The van der Waals surface area contributed by atoms with E-state index in [1.807, 2.05) is 6.07 Å². The number of halogens is 1. The summed E-state index contributed by atoms with van der Waals surface area (Å²) in [5.41, 5.74) is 1.13. The molecule has 0 saturated carbocycles. The molecule has 1 saturated heterocycles. The Morgan fingerprint density at radius 1 is 1.00 bits per heavy atom. The average Bonchev–Trinajstić information content (AvgIpc) is 2.77. The highest BCUT2D eigenvalue weighted by atomic mass is 32.2. The molecule has 106 valence electrons. The normalized spacial score (nSPS) is 18.1. The lowest BCUT2D eigenvalue weighted by Crippen LogP contribution is -2.34. The van der Waals surface area contributed by atoms with Crippen molar-refractivity contribution in [1.29, 1.82) is 0 Å². The zero-order valence-corrected chi connectivity index (χ0v) is 11.6. The van der Waals surface area contributed by atoms with Crippen molar-refractivity contribution < 1.29 is 14.0 Å². The Bertz CT molecular complexity index is 676. The fourth-order valence-electron chi connectivity index (χ4n) is 2.01. The second-order valence-electron chi connectivity index (χ2n) is 4.42. The van der Waals surface area contributed by atoms with Crippen LogP contribution in [0.1, 0.15) is 0 Å². The van der Waals surface area contributed by atoms with Gasteiger partial charge in [-0.05, 0) is 48.2 Å². The molecule has 1 heterocycles. The molecule has 0 radical (unpaired) electrons. The van der Waals surface area contributed by atoms with Gasteiger partial charge in [0, 0.05) is 5.69 Å². The van der Waals surface area contributed by atoms with Gasteiger partial charge in [0.1, 0.15) is 5.82 Å². The summed E-state index contributed by atoms with van der Waals surface area (Å²) in [4.78, 5) is 25.5. The number of hydrogen-bond acceptors (Lipinski definition) is 4.